The zero-order chi connectivity index (χ0) is 24.5. The summed E-state index contributed by atoms with van der Waals surface area (Å²) >= 11 is 1.67. The summed E-state index contributed by atoms with van der Waals surface area (Å²) < 4.78 is 0. The summed E-state index contributed by atoms with van der Waals surface area (Å²) in [5.74, 6) is -0.00782. The van der Waals surface area contributed by atoms with Crippen molar-refractivity contribution < 1.29 is 4.79 Å². The number of H-pyrrole nitrogens is 2. The molecule has 6 rings (SSSR count). The summed E-state index contributed by atoms with van der Waals surface area (Å²) in [6.45, 7) is 2.07. The molecule has 6 heterocycles. The van der Waals surface area contributed by atoms with Gasteiger partial charge >= 0.3 is 0 Å². The predicted octanol–water partition coefficient (Wildman–Crippen LogP) is 6.42. The van der Waals surface area contributed by atoms with E-state index in [4.69, 9.17) is 0 Å². The molecule has 9 heteroatoms. The summed E-state index contributed by atoms with van der Waals surface area (Å²) in [6, 6.07) is 12.1. The Morgan fingerprint density at radius 3 is 2.81 bits per heavy atom. The van der Waals surface area contributed by atoms with Gasteiger partial charge in [-0.2, -0.15) is 5.10 Å². The van der Waals surface area contributed by atoms with Gasteiger partial charge in [0.1, 0.15) is 5.69 Å². The maximum Gasteiger partial charge on any atom is 0.224 e. The van der Waals surface area contributed by atoms with Crippen LogP contribution < -0.4 is 5.32 Å². The summed E-state index contributed by atoms with van der Waals surface area (Å²) in [4.78, 5) is 30.3. The Morgan fingerprint density at radius 2 is 1.94 bits per heavy atom. The number of fused-ring (bicyclic) bond motifs is 2. The first kappa shape index (κ1) is 22.1. The largest absolute Gasteiger partial charge is 0.353 e. The molecule has 0 aromatic carbocycles. The van der Waals surface area contributed by atoms with E-state index in [1.165, 1.54) is 0 Å². The van der Waals surface area contributed by atoms with Crippen molar-refractivity contribution in [2.45, 2.75) is 26.2 Å². The Hall–Kier alpha value is -4.37. The van der Waals surface area contributed by atoms with Crippen molar-refractivity contribution in [3.05, 3.63) is 66.6 Å². The molecular weight excluding hydrogens is 470 g/mol. The number of hydrogen-bond donors (Lipinski definition) is 3. The first-order chi connectivity index (χ1) is 17.7. The van der Waals surface area contributed by atoms with Gasteiger partial charge < -0.3 is 10.3 Å². The predicted molar refractivity (Wildman–Crippen MR) is 144 cm³/mol. The van der Waals surface area contributed by atoms with Crippen molar-refractivity contribution in [3.63, 3.8) is 0 Å². The molecule has 0 bridgehead atoms. The smallest absolute Gasteiger partial charge is 0.224 e. The van der Waals surface area contributed by atoms with Crippen molar-refractivity contribution in [2.24, 2.45) is 0 Å². The third-order valence-electron chi connectivity index (χ3n) is 6.08. The topological polar surface area (TPSA) is 112 Å². The third-order valence-corrected chi connectivity index (χ3v) is 6.96. The van der Waals surface area contributed by atoms with Crippen LogP contribution in [0.3, 0.4) is 0 Å². The number of carbonyl (C=O) groups excluding carboxylic acids is 1. The van der Waals surface area contributed by atoms with Crippen LogP contribution in [0, 0.1) is 0 Å². The van der Waals surface area contributed by atoms with Crippen LogP contribution in [0.4, 0.5) is 5.69 Å². The van der Waals surface area contributed by atoms with Crippen molar-refractivity contribution in [1.82, 2.24) is 30.1 Å². The van der Waals surface area contributed by atoms with Crippen molar-refractivity contribution >= 4 is 44.7 Å². The number of unbranched alkanes of at least 4 members (excludes halogenated alkanes) is 1. The molecule has 0 atom stereocenters. The molecule has 6 aromatic rings. The zero-order valence-corrected chi connectivity index (χ0v) is 20.4. The summed E-state index contributed by atoms with van der Waals surface area (Å²) in [6.07, 6.45) is 9.33. The number of nitrogens with one attached hydrogen (secondary N) is 3. The number of carbonyl (C=O) groups is 1. The molecule has 178 valence electrons. The molecule has 3 N–H and O–H groups in total. The molecule has 1 amide bonds. The number of amides is 1. The number of rotatable bonds is 7. The van der Waals surface area contributed by atoms with Gasteiger partial charge in [-0.25, -0.2) is 0 Å². The molecule has 0 spiro atoms. The van der Waals surface area contributed by atoms with Gasteiger partial charge in [0.25, 0.3) is 0 Å². The fourth-order valence-electron chi connectivity index (χ4n) is 4.28. The standard InChI is InChI=1S/C27H23N7OS/c1-2-3-6-25(35)31-17-10-16(13-28-14-17)21-11-19-23(15-30-21)33-34-26(19)22-12-18-20(32-22)7-8-29-27(18)24-5-4-9-36-24/h4-5,7-15,32H,2-3,6H2,1H3,(H,31,35)(H,33,34). The van der Waals surface area contributed by atoms with Crippen molar-refractivity contribution in [2.75, 3.05) is 5.32 Å². The van der Waals surface area contributed by atoms with Crippen LogP contribution in [0.2, 0.25) is 0 Å². The number of aromatic amines is 2. The number of nitrogens with zero attached hydrogens (tertiary/aromatic N) is 4. The molecular formula is C27H23N7OS. The van der Waals surface area contributed by atoms with Gasteiger partial charge in [-0.1, -0.05) is 19.4 Å². The van der Waals surface area contributed by atoms with Crippen LogP contribution in [-0.4, -0.2) is 36.0 Å². The minimum absolute atomic E-state index is 0.00782. The number of anilines is 1. The fourth-order valence-corrected chi connectivity index (χ4v) is 5.02. The van der Waals surface area contributed by atoms with Crippen LogP contribution in [0.15, 0.2) is 66.6 Å². The molecule has 36 heavy (non-hydrogen) atoms. The van der Waals surface area contributed by atoms with E-state index in [0.717, 1.165) is 67.9 Å². The molecule has 0 aliphatic rings. The zero-order valence-electron chi connectivity index (χ0n) is 19.6. The Labute approximate surface area is 210 Å². The Balaban J connectivity index is 1.37. The van der Waals surface area contributed by atoms with Crippen molar-refractivity contribution in [3.8, 4) is 33.2 Å². The van der Waals surface area contributed by atoms with Crippen LogP contribution >= 0.6 is 11.3 Å². The molecule has 0 aliphatic carbocycles. The number of pyridine rings is 3. The van der Waals surface area contributed by atoms with E-state index in [1.807, 2.05) is 30.5 Å². The number of thiophene rings is 1. The summed E-state index contributed by atoms with van der Waals surface area (Å²) in [5, 5.41) is 14.7. The monoisotopic (exact) mass is 493 g/mol. The lowest BCUT2D eigenvalue weighted by Crippen LogP contribution is -2.11. The molecule has 6 aromatic heterocycles. The quantitative estimate of drug-likeness (QED) is 0.237. The van der Waals surface area contributed by atoms with E-state index in [2.05, 4.69) is 59.9 Å². The van der Waals surface area contributed by atoms with Gasteiger partial charge in [-0.05, 0) is 42.1 Å². The van der Waals surface area contributed by atoms with Gasteiger partial charge in [0, 0.05) is 40.7 Å². The van der Waals surface area contributed by atoms with E-state index in [-0.39, 0.29) is 5.91 Å². The van der Waals surface area contributed by atoms with Gasteiger partial charge in [0.2, 0.25) is 5.91 Å². The molecule has 0 aliphatic heterocycles. The average Bonchev–Trinajstić information content (AvgIpc) is 3.66. The average molecular weight is 494 g/mol. The van der Waals surface area contributed by atoms with Crippen LogP contribution in [0.1, 0.15) is 26.2 Å². The fraction of sp³-hybridized carbons (Fsp3) is 0.148. The lowest BCUT2D eigenvalue weighted by molar-refractivity contribution is -0.116. The van der Waals surface area contributed by atoms with Crippen molar-refractivity contribution in [1.29, 1.82) is 0 Å². The van der Waals surface area contributed by atoms with E-state index < -0.39 is 0 Å². The van der Waals surface area contributed by atoms with Gasteiger partial charge in [0.05, 0.1) is 45.6 Å². The maximum absolute atomic E-state index is 12.2. The molecule has 0 saturated heterocycles. The first-order valence-corrected chi connectivity index (χ1v) is 12.7. The van der Waals surface area contributed by atoms with Gasteiger partial charge in [-0.3, -0.25) is 24.8 Å². The molecule has 0 saturated carbocycles. The Bertz CT molecular complexity index is 1680. The lowest BCUT2D eigenvalue weighted by Gasteiger charge is -2.07. The highest BCUT2D eigenvalue weighted by atomic mass is 32.1. The first-order valence-electron chi connectivity index (χ1n) is 11.8. The number of hydrogen-bond acceptors (Lipinski definition) is 6. The van der Waals surface area contributed by atoms with Gasteiger partial charge in [-0.15, -0.1) is 11.3 Å². The van der Waals surface area contributed by atoms with Crippen LogP contribution in [-0.2, 0) is 4.79 Å². The Kier molecular flexibility index (Phi) is 5.74. The highest BCUT2D eigenvalue weighted by molar-refractivity contribution is 7.13. The minimum atomic E-state index is -0.00782. The molecule has 0 unspecified atom stereocenters. The highest BCUT2D eigenvalue weighted by Gasteiger charge is 2.16. The lowest BCUT2D eigenvalue weighted by atomic mass is 10.1. The van der Waals surface area contributed by atoms with E-state index in [0.29, 0.717) is 12.1 Å². The Morgan fingerprint density at radius 1 is 1.03 bits per heavy atom. The molecule has 0 fully saturated rings. The van der Waals surface area contributed by atoms with Crippen LogP contribution in [0.25, 0.3) is 55.0 Å². The SMILES string of the molecule is CCCCC(=O)Nc1cncc(-c2cc3c(-c4cc5c(-c6cccs6)nccc5[nH]4)n[nH]c3cn2)c1. The third kappa shape index (κ3) is 4.14. The van der Waals surface area contributed by atoms with Crippen LogP contribution in [0.5, 0.6) is 0 Å². The maximum atomic E-state index is 12.2. The number of aromatic nitrogens is 6. The minimum Gasteiger partial charge on any atom is -0.353 e. The van der Waals surface area contributed by atoms with E-state index >= 15 is 0 Å². The molecule has 0 radical (unpaired) electrons. The summed E-state index contributed by atoms with van der Waals surface area (Å²) in [5.41, 5.74) is 6.72. The normalized spacial score (nSPS) is 11.4. The second-order valence-corrected chi connectivity index (χ2v) is 9.53. The highest BCUT2D eigenvalue weighted by Crippen LogP contribution is 2.35. The second kappa shape index (κ2) is 9.35. The second-order valence-electron chi connectivity index (χ2n) is 8.58. The van der Waals surface area contributed by atoms with E-state index in [9.17, 15) is 4.79 Å². The van der Waals surface area contributed by atoms with E-state index in [1.54, 1.807) is 29.9 Å². The molecule has 8 nitrogen and oxygen atoms in total. The summed E-state index contributed by atoms with van der Waals surface area (Å²) in [7, 11) is 0. The van der Waals surface area contributed by atoms with Gasteiger partial charge in [0.15, 0.2) is 0 Å².